The second kappa shape index (κ2) is 8.18. The molecule has 0 saturated heterocycles. The van der Waals surface area contributed by atoms with E-state index in [1.807, 2.05) is 24.3 Å². The number of halogens is 1. The van der Waals surface area contributed by atoms with Gasteiger partial charge in [0.2, 0.25) is 0 Å². The summed E-state index contributed by atoms with van der Waals surface area (Å²) in [5.41, 5.74) is 0.790. The third kappa shape index (κ3) is 5.41. The smallest absolute Gasteiger partial charge is 0.279 e. The van der Waals surface area contributed by atoms with Crippen LogP contribution in [0.3, 0.4) is 0 Å². The fraction of sp³-hybridized carbons (Fsp3) is 0.389. The van der Waals surface area contributed by atoms with Crippen LogP contribution in [0.4, 0.5) is 5.69 Å². The molecule has 0 aromatic heterocycles. The van der Waals surface area contributed by atoms with Crippen LogP contribution in [-0.2, 0) is 4.79 Å². The number of likely N-dealkylation sites (N-methyl/N-ethyl adjacent to an activating group) is 1. The van der Waals surface area contributed by atoms with Gasteiger partial charge in [0.1, 0.15) is 5.75 Å². The SMILES string of the molecule is CCCC[N+](C)(C)CC(=O)Nc1cccc2cc(O)ccc12.[Cl-]. The fourth-order valence-electron chi connectivity index (χ4n) is 2.62. The molecule has 2 rings (SSSR count). The van der Waals surface area contributed by atoms with Crippen molar-refractivity contribution < 1.29 is 26.8 Å². The average Bonchev–Trinajstić information content (AvgIpc) is 2.44. The summed E-state index contributed by atoms with van der Waals surface area (Å²) in [6.07, 6.45) is 2.25. The Morgan fingerprint density at radius 1 is 1.22 bits per heavy atom. The van der Waals surface area contributed by atoms with Crippen molar-refractivity contribution in [2.75, 3.05) is 32.5 Å². The highest BCUT2D eigenvalue weighted by molar-refractivity contribution is 6.02. The number of hydrogen-bond acceptors (Lipinski definition) is 2. The highest BCUT2D eigenvalue weighted by atomic mass is 35.5. The summed E-state index contributed by atoms with van der Waals surface area (Å²) in [5, 5.41) is 14.4. The summed E-state index contributed by atoms with van der Waals surface area (Å²) in [6.45, 7) is 3.60. The lowest BCUT2D eigenvalue weighted by Crippen LogP contribution is -3.00. The lowest BCUT2D eigenvalue weighted by Gasteiger charge is -2.29. The van der Waals surface area contributed by atoms with E-state index in [9.17, 15) is 9.90 Å². The van der Waals surface area contributed by atoms with E-state index in [0.717, 1.165) is 35.8 Å². The zero-order chi connectivity index (χ0) is 16.2. The molecule has 126 valence electrons. The number of aromatic hydroxyl groups is 1. The van der Waals surface area contributed by atoms with Crippen LogP contribution in [-0.4, -0.2) is 42.7 Å². The molecule has 1 amide bonds. The van der Waals surface area contributed by atoms with Gasteiger partial charge in [-0.15, -0.1) is 0 Å². The summed E-state index contributed by atoms with van der Waals surface area (Å²) in [4.78, 5) is 12.3. The third-order valence-electron chi connectivity index (χ3n) is 3.83. The predicted octanol–water partition coefficient (Wildman–Crippen LogP) is 0.364. The van der Waals surface area contributed by atoms with Gasteiger partial charge < -0.3 is 27.3 Å². The first-order valence-electron chi connectivity index (χ1n) is 7.75. The van der Waals surface area contributed by atoms with E-state index in [4.69, 9.17) is 0 Å². The average molecular weight is 337 g/mol. The minimum atomic E-state index is 0. The van der Waals surface area contributed by atoms with Crippen LogP contribution >= 0.6 is 0 Å². The van der Waals surface area contributed by atoms with Crippen molar-refractivity contribution in [2.24, 2.45) is 0 Å². The van der Waals surface area contributed by atoms with Gasteiger partial charge in [-0.25, -0.2) is 0 Å². The molecular formula is C18H25ClN2O2. The van der Waals surface area contributed by atoms with E-state index < -0.39 is 0 Å². The van der Waals surface area contributed by atoms with Crippen molar-refractivity contribution in [1.29, 1.82) is 0 Å². The van der Waals surface area contributed by atoms with Crippen molar-refractivity contribution in [1.82, 2.24) is 0 Å². The molecule has 4 nitrogen and oxygen atoms in total. The van der Waals surface area contributed by atoms with E-state index in [2.05, 4.69) is 26.3 Å². The molecule has 2 N–H and O–H groups in total. The predicted molar refractivity (Wildman–Crippen MR) is 91.0 cm³/mol. The van der Waals surface area contributed by atoms with Crippen molar-refractivity contribution in [3.63, 3.8) is 0 Å². The van der Waals surface area contributed by atoms with Gasteiger partial charge in [0, 0.05) is 11.1 Å². The van der Waals surface area contributed by atoms with Crippen LogP contribution in [0.15, 0.2) is 36.4 Å². The Morgan fingerprint density at radius 2 is 1.96 bits per heavy atom. The normalized spacial score (nSPS) is 11.1. The summed E-state index contributed by atoms with van der Waals surface area (Å²) in [6, 6.07) is 10.9. The minimum absolute atomic E-state index is 0. The molecule has 0 aliphatic carbocycles. The number of unbranched alkanes of at least 4 members (excludes halogenated alkanes) is 1. The van der Waals surface area contributed by atoms with Gasteiger partial charge in [0.05, 0.1) is 20.6 Å². The van der Waals surface area contributed by atoms with E-state index in [1.54, 1.807) is 12.1 Å². The van der Waals surface area contributed by atoms with Crippen LogP contribution in [0.25, 0.3) is 10.8 Å². The Kier molecular flexibility index (Phi) is 6.85. The largest absolute Gasteiger partial charge is 1.00 e. The number of phenolic OH excluding ortho intramolecular Hbond substituents is 1. The topological polar surface area (TPSA) is 49.3 Å². The number of phenols is 1. The monoisotopic (exact) mass is 336 g/mol. The number of carbonyl (C=O) groups is 1. The Labute approximate surface area is 144 Å². The molecule has 0 atom stereocenters. The zero-order valence-corrected chi connectivity index (χ0v) is 14.7. The number of carbonyl (C=O) groups excluding carboxylic acids is 1. The van der Waals surface area contributed by atoms with Gasteiger partial charge in [-0.3, -0.25) is 4.79 Å². The first-order chi connectivity index (χ1) is 10.4. The summed E-state index contributed by atoms with van der Waals surface area (Å²) in [5.74, 6) is 0.245. The first kappa shape index (κ1) is 19.3. The van der Waals surface area contributed by atoms with Crippen LogP contribution in [0.5, 0.6) is 5.75 Å². The number of rotatable bonds is 6. The molecule has 5 heteroatoms. The van der Waals surface area contributed by atoms with Crippen LogP contribution in [0.1, 0.15) is 19.8 Å². The van der Waals surface area contributed by atoms with E-state index in [1.165, 1.54) is 0 Å². The molecule has 23 heavy (non-hydrogen) atoms. The van der Waals surface area contributed by atoms with E-state index in [0.29, 0.717) is 11.0 Å². The van der Waals surface area contributed by atoms with Crippen LogP contribution in [0.2, 0.25) is 0 Å². The number of amides is 1. The third-order valence-corrected chi connectivity index (χ3v) is 3.83. The summed E-state index contributed by atoms with van der Waals surface area (Å²) in [7, 11) is 4.16. The van der Waals surface area contributed by atoms with Crippen molar-refractivity contribution in [2.45, 2.75) is 19.8 Å². The van der Waals surface area contributed by atoms with Gasteiger partial charge in [-0.1, -0.05) is 25.5 Å². The molecular weight excluding hydrogens is 312 g/mol. The Balaban J connectivity index is 0.00000264. The quantitative estimate of drug-likeness (QED) is 0.749. The first-order valence-corrected chi connectivity index (χ1v) is 7.75. The van der Waals surface area contributed by atoms with Gasteiger partial charge in [0.25, 0.3) is 5.91 Å². The molecule has 0 bridgehead atoms. The molecule has 0 spiro atoms. The van der Waals surface area contributed by atoms with Crippen molar-refractivity contribution in [3.8, 4) is 5.75 Å². The molecule has 0 unspecified atom stereocenters. The lowest BCUT2D eigenvalue weighted by atomic mass is 10.1. The standard InChI is InChI=1S/C18H24N2O2.ClH/c1-4-5-11-20(2,3)13-18(22)19-17-8-6-7-14-12-15(21)9-10-16(14)17;/h6-10,12H,4-5,11,13H2,1-3H3,(H-,19,21,22);1H. The van der Waals surface area contributed by atoms with Gasteiger partial charge in [-0.05, 0) is 36.1 Å². The Morgan fingerprint density at radius 3 is 2.65 bits per heavy atom. The number of hydrogen-bond donors (Lipinski definition) is 2. The van der Waals surface area contributed by atoms with Gasteiger partial charge in [0.15, 0.2) is 6.54 Å². The molecule has 0 heterocycles. The number of nitrogens with one attached hydrogen (secondary N) is 1. The number of fused-ring (bicyclic) bond motifs is 1. The highest BCUT2D eigenvalue weighted by Gasteiger charge is 2.19. The molecule has 2 aromatic carbocycles. The molecule has 0 fully saturated rings. The highest BCUT2D eigenvalue weighted by Crippen LogP contribution is 2.26. The molecule has 0 saturated carbocycles. The van der Waals surface area contributed by atoms with E-state index in [-0.39, 0.29) is 24.1 Å². The molecule has 0 radical (unpaired) electrons. The lowest BCUT2D eigenvalue weighted by molar-refractivity contribution is -0.882. The molecule has 0 aliphatic rings. The number of benzene rings is 2. The maximum absolute atomic E-state index is 12.3. The van der Waals surface area contributed by atoms with Crippen LogP contribution in [0, 0.1) is 0 Å². The summed E-state index contributed by atoms with van der Waals surface area (Å²) < 4.78 is 0.686. The molecule has 2 aromatic rings. The maximum atomic E-state index is 12.3. The minimum Gasteiger partial charge on any atom is -1.00 e. The zero-order valence-electron chi connectivity index (χ0n) is 14.0. The second-order valence-corrected chi connectivity index (χ2v) is 6.43. The number of quaternary nitrogens is 1. The van der Waals surface area contributed by atoms with Gasteiger partial charge in [-0.2, -0.15) is 0 Å². The fourth-order valence-corrected chi connectivity index (χ4v) is 2.62. The maximum Gasteiger partial charge on any atom is 0.279 e. The Hall–Kier alpha value is -1.78. The van der Waals surface area contributed by atoms with Gasteiger partial charge >= 0.3 is 0 Å². The second-order valence-electron chi connectivity index (χ2n) is 6.43. The van der Waals surface area contributed by atoms with Crippen molar-refractivity contribution in [3.05, 3.63) is 36.4 Å². The van der Waals surface area contributed by atoms with Crippen molar-refractivity contribution >= 4 is 22.4 Å². The number of anilines is 1. The summed E-state index contributed by atoms with van der Waals surface area (Å²) >= 11 is 0. The van der Waals surface area contributed by atoms with Crippen LogP contribution < -0.4 is 17.7 Å². The van der Waals surface area contributed by atoms with E-state index >= 15 is 0 Å². The number of nitrogens with zero attached hydrogens (tertiary/aromatic N) is 1. The molecule has 0 aliphatic heterocycles. The Bertz CT molecular complexity index is 671.